The molecule has 0 aromatic heterocycles. The first kappa shape index (κ1) is 37.1. The van der Waals surface area contributed by atoms with Gasteiger partial charge < -0.3 is 23.7 Å². The van der Waals surface area contributed by atoms with Crippen molar-refractivity contribution in [3.63, 3.8) is 0 Å². The number of benzene rings is 1. The summed E-state index contributed by atoms with van der Waals surface area (Å²) in [5.41, 5.74) is 1.38. The van der Waals surface area contributed by atoms with Gasteiger partial charge in [-0.1, -0.05) is 44.2 Å². The lowest BCUT2D eigenvalue weighted by Crippen LogP contribution is -2.43. The number of hydrogen-bond acceptors (Lipinski definition) is 9. The van der Waals surface area contributed by atoms with Gasteiger partial charge in [0.2, 0.25) is 0 Å². The second kappa shape index (κ2) is 20.8. The first-order chi connectivity index (χ1) is 20.7. The highest BCUT2D eigenvalue weighted by Gasteiger charge is 2.33. The second-order valence-electron chi connectivity index (χ2n) is 12.1. The van der Waals surface area contributed by atoms with Gasteiger partial charge >= 0.3 is 11.9 Å². The number of hydrazine groups is 1. The van der Waals surface area contributed by atoms with Crippen molar-refractivity contribution in [2.45, 2.75) is 110 Å². The molecule has 1 aliphatic rings. The Morgan fingerprint density at radius 1 is 1.00 bits per heavy atom. The number of nitrogens with zero attached hydrogens (tertiary/aromatic N) is 2. The van der Waals surface area contributed by atoms with E-state index in [1.807, 2.05) is 6.92 Å². The van der Waals surface area contributed by atoms with E-state index in [0.717, 1.165) is 51.7 Å². The average molecular weight is 607 g/mol. The van der Waals surface area contributed by atoms with Crippen molar-refractivity contribution in [3.8, 4) is 0 Å². The van der Waals surface area contributed by atoms with E-state index in [1.54, 1.807) is 28.3 Å². The van der Waals surface area contributed by atoms with E-state index in [4.69, 9.17) is 23.7 Å². The number of carbonyl (C=O) groups excluding carboxylic acids is 2. The number of unbranched alkanes of at least 4 members (excludes halogenated alkanes) is 1. The minimum Gasteiger partial charge on any atom is -0.463 e. The normalized spacial score (nSPS) is 25.9. The van der Waals surface area contributed by atoms with Crippen molar-refractivity contribution in [1.82, 2.24) is 10.0 Å². The molecular formula is C34H58N2O7. The van der Waals surface area contributed by atoms with E-state index in [1.165, 1.54) is 5.56 Å². The summed E-state index contributed by atoms with van der Waals surface area (Å²) in [5, 5.41) is 4.75. The van der Waals surface area contributed by atoms with Gasteiger partial charge in [0.05, 0.1) is 12.5 Å². The number of ether oxygens (including phenoxy) is 5. The quantitative estimate of drug-likeness (QED) is 0.170. The Kier molecular flexibility index (Phi) is 18.0. The molecule has 9 nitrogen and oxygen atoms in total. The van der Waals surface area contributed by atoms with Crippen LogP contribution in [0.1, 0.15) is 84.1 Å². The van der Waals surface area contributed by atoms with Crippen LogP contribution in [0.5, 0.6) is 0 Å². The van der Waals surface area contributed by atoms with Crippen LogP contribution >= 0.6 is 0 Å². The zero-order valence-electron chi connectivity index (χ0n) is 27.8. The average Bonchev–Trinajstić information content (AvgIpc) is 3.00. The molecule has 0 N–H and O–H groups in total. The SMILES string of the molecule is CCC(=O)OC1CC(=O)OC(C)CCN(C)N(CCCCc2ccccc2)CCC(C)CC(CC(OC)OC)CC1OC. The Bertz CT molecular complexity index is 898. The third kappa shape index (κ3) is 14.5. The third-order valence-electron chi connectivity index (χ3n) is 8.54. The standard InChI is InChI=1S/C34H58N2O7/c1-8-32(37)43-31-25-33(38)42-27(3)18-20-35(4)36(19-13-12-16-28-14-10-9-11-15-28)21-17-26(2)22-29(23-30(31)39-5)24-34(40-6)41-7/h9-11,14-15,26-27,29-31,34H,8,12-13,16-25H2,1-7H3. The Morgan fingerprint density at radius 2 is 1.72 bits per heavy atom. The smallest absolute Gasteiger partial charge is 0.309 e. The van der Waals surface area contributed by atoms with Crippen molar-refractivity contribution in [2.75, 3.05) is 48.0 Å². The maximum atomic E-state index is 13.0. The van der Waals surface area contributed by atoms with E-state index in [-0.39, 0.29) is 43.1 Å². The lowest BCUT2D eigenvalue weighted by Gasteiger charge is -2.35. The molecule has 1 aliphatic heterocycles. The molecule has 2 rings (SSSR count). The van der Waals surface area contributed by atoms with Gasteiger partial charge in [-0.25, -0.2) is 10.0 Å². The number of aryl methyl sites for hydroxylation is 1. The highest BCUT2D eigenvalue weighted by Crippen LogP contribution is 2.29. The Hall–Kier alpha value is -2.04. The van der Waals surface area contributed by atoms with Crippen LogP contribution < -0.4 is 0 Å². The summed E-state index contributed by atoms with van der Waals surface area (Å²) in [5.74, 6) is -0.130. The lowest BCUT2D eigenvalue weighted by molar-refractivity contribution is -0.166. The number of esters is 2. The van der Waals surface area contributed by atoms with Crippen molar-refractivity contribution in [3.05, 3.63) is 35.9 Å². The van der Waals surface area contributed by atoms with Crippen molar-refractivity contribution < 1.29 is 33.3 Å². The lowest BCUT2D eigenvalue weighted by atomic mass is 9.85. The van der Waals surface area contributed by atoms with Crippen molar-refractivity contribution >= 4 is 11.9 Å². The van der Waals surface area contributed by atoms with Crippen LogP contribution in [0.4, 0.5) is 0 Å². The first-order valence-electron chi connectivity index (χ1n) is 16.2. The number of hydrogen-bond donors (Lipinski definition) is 0. The minimum atomic E-state index is -0.722. The fraction of sp³-hybridized carbons (Fsp3) is 0.765. The summed E-state index contributed by atoms with van der Waals surface area (Å²) in [6.45, 7) is 8.69. The molecule has 0 radical (unpaired) electrons. The molecule has 5 unspecified atom stereocenters. The maximum Gasteiger partial charge on any atom is 0.309 e. The van der Waals surface area contributed by atoms with Crippen molar-refractivity contribution in [2.24, 2.45) is 11.8 Å². The van der Waals surface area contributed by atoms with Crippen LogP contribution in [-0.4, -0.2) is 94.6 Å². The summed E-state index contributed by atoms with van der Waals surface area (Å²) in [6.07, 6.45) is 5.69. The Balaban J connectivity index is 2.20. The van der Waals surface area contributed by atoms with E-state index in [2.05, 4.69) is 54.3 Å². The number of rotatable bonds is 12. The van der Waals surface area contributed by atoms with Gasteiger partial charge in [0.15, 0.2) is 6.29 Å². The van der Waals surface area contributed by atoms with Crippen LogP contribution in [-0.2, 0) is 39.7 Å². The highest BCUT2D eigenvalue weighted by atomic mass is 16.7. The van der Waals surface area contributed by atoms with Crippen LogP contribution in [0, 0.1) is 11.8 Å². The topological polar surface area (TPSA) is 86.8 Å². The Morgan fingerprint density at radius 3 is 2.37 bits per heavy atom. The number of carbonyl (C=O) groups is 2. The van der Waals surface area contributed by atoms with Gasteiger partial charge in [-0.05, 0) is 69.3 Å². The zero-order valence-corrected chi connectivity index (χ0v) is 27.8. The zero-order chi connectivity index (χ0) is 31.6. The van der Waals surface area contributed by atoms with Gasteiger partial charge in [0.25, 0.3) is 0 Å². The second-order valence-corrected chi connectivity index (χ2v) is 12.1. The van der Waals surface area contributed by atoms with Gasteiger partial charge in [-0.3, -0.25) is 9.59 Å². The molecule has 0 spiro atoms. The highest BCUT2D eigenvalue weighted by molar-refractivity contribution is 5.72. The van der Waals surface area contributed by atoms with E-state index in [0.29, 0.717) is 25.2 Å². The summed E-state index contributed by atoms with van der Waals surface area (Å²) in [7, 11) is 7.04. The fourth-order valence-electron chi connectivity index (χ4n) is 5.86. The number of methoxy groups -OCH3 is 3. The van der Waals surface area contributed by atoms with E-state index < -0.39 is 12.2 Å². The number of cyclic esters (lactones) is 1. The predicted octanol–water partition coefficient (Wildman–Crippen LogP) is 5.65. The van der Waals surface area contributed by atoms with Crippen LogP contribution in [0.2, 0.25) is 0 Å². The predicted molar refractivity (Wildman–Crippen MR) is 168 cm³/mol. The minimum absolute atomic E-state index is 0.0434. The summed E-state index contributed by atoms with van der Waals surface area (Å²) < 4.78 is 28.6. The molecule has 1 saturated heterocycles. The third-order valence-corrected chi connectivity index (χ3v) is 8.54. The summed E-state index contributed by atoms with van der Waals surface area (Å²) in [6, 6.07) is 10.7. The molecule has 246 valence electrons. The largest absolute Gasteiger partial charge is 0.463 e. The molecule has 1 aromatic rings. The monoisotopic (exact) mass is 606 g/mol. The molecule has 0 saturated carbocycles. The van der Waals surface area contributed by atoms with Crippen LogP contribution in [0.3, 0.4) is 0 Å². The van der Waals surface area contributed by atoms with Gasteiger partial charge in [0.1, 0.15) is 12.2 Å². The van der Waals surface area contributed by atoms with Gasteiger partial charge in [-0.15, -0.1) is 0 Å². The summed E-state index contributed by atoms with van der Waals surface area (Å²) in [4.78, 5) is 25.4. The van der Waals surface area contributed by atoms with Gasteiger partial charge in [-0.2, -0.15) is 0 Å². The molecule has 5 atom stereocenters. The van der Waals surface area contributed by atoms with E-state index >= 15 is 0 Å². The molecule has 0 bridgehead atoms. The molecule has 1 heterocycles. The molecule has 9 heteroatoms. The van der Waals surface area contributed by atoms with Gasteiger partial charge in [0, 0.05) is 60.9 Å². The van der Waals surface area contributed by atoms with Crippen molar-refractivity contribution in [1.29, 1.82) is 0 Å². The molecule has 43 heavy (non-hydrogen) atoms. The van der Waals surface area contributed by atoms with Crippen LogP contribution in [0.25, 0.3) is 0 Å². The van der Waals surface area contributed by atoms with E-state index in [9.17, 15) is 9.59 Å². The molecular weight excluding hydrogens is 548 g/mol. The summed E-state index contributed by atoms with van der Waals surface area (Å²) >= 11 is 0. The molecule has 1 fully saturated rings. The molecule has 0 aliphatic carbocycles. The molecule has 1 aromatic carbocycles. The fourth-order valence-corrected chi connectivity index (χ4v) is 5.86. The first-order valence-corrected chi connectivity index (χ1v) is 16.2. The Labute approximate surface area is 260 Å². The molecule has 0 amide bonds. The van der Waals surface area contributed by atoms with Crippen LogP contribution in [0.15, 0.2) is 30.3 Å². The maximum absolute atomic E-state index is 13.0.